The molecule has 34 heavy (non-hydrogen) atoms. The monoisotopic (exact) mass is 485 g/mol. The minimum absolute atomic E-state index is 0.0666. The maximum atomic E-state index is 13.7. The zero-order valence-electron chi connectivity index (χ0n) is 18.8. The van der Waals surface area contributed by atoms with Crippen LogP contribution >= 0.6 is 0 Å². The lowest BCUT2D eigenvalue weighted by Gasteiger charge is -2.22. The number of halogens is 1. The molecule has 0 atom stereocenters. The van der Waals surface area contributed by atoms with Gasteiger partial charge in [0, 0.05) is 24.6 Å². The third kappa shape index (κ3) is 5.72. The third-order valence-corrected chi connectivity index (χ3v) is 5.66. The van der Waals surface area contributed by atoms with Crippen molar-refractivity contribution in [2.45, 2.75) is 11.8 Å². The van der Waals surface area contributed by atoms with Crippen molar-refractivity contribution in [2.75, 3.05) is 19.1 Å². The molecule has 4 aromatic rings. The highest BCUT2D eigenvalue weighted by atomic mass is 32.2. The Bertz CT molecular complexity index is 1380. The summed E-state index contributed by atoms with van der Waals surface area (Å²) in [4.78, 5) is 5.45. The molecule has 1 heterocycles. The van der Waals surface area contributed by atoms with Crippen LogP contribution in [0.15, 0.2) is 87.1 Å². The molecular formula is C24H24FN3O5S. The van der Waals surface area contributed by atoms with E-state index in [4.69, 9.17) is 19.4 Å². The minimum atomic E-state index is -4.02. The number of aliphatic imine (C=N–C) groups is 1. The summed E-state index contributed by atoms with van der Waals surface area (Å²) < 4.78 is 54.4. The number of nitrogens with two attached hydrogens (primary N) is 1. The average molecular weight is 486 g/mol. The number of aryl methyl sites for hydroxylation is 1. The summed E-state index contributed by atoms with van der Waals surface area (Å²) in [5.41, 5.74) is 8.08. The van der Waals surface area contributed by atoms with Crippen LogP contribution in [0.3, 0.4) is 0 Å². The summed E-state index contributed by atoms with van der Waals surface area (Å²) >= 11 is 0. The Morgan fingerprint density at radius 1 is 1.09 bits per heavy atom. The molecule has 0 saturated heterocycles. The Morgan fingerprint density at radius 2 is 1.76 bits per heavy atom. The predicted octanol–water partition coefficient (Wildman–Crippen LogP) is 4.90. The summed E-state index contributed by atoms with van der Waals surface area (Å²) in [6.45, 7) is 1.84. The molecule has 1 aromatic heterocycles. The standard InChI is InChI=1S/C17H16FN3O2.C7H8O3S/c1-20-17(19)21(13-10-12(18)7-8-15(13)22-2)16-9-11-5-3-4-6-14(11)23-16;1-6-2-4-7(5-3-6)11(8,9)10/h3-10H,1-2H3,(H2,19,20);2-5H,1H3,(H,8,9,10). The number of guanidine groups is 1. The summed E-state index contributed by atoms with van der Waals surface area (Å²) in [6, 6.07) is 19.5. The Balaban J connectivity index is 0.000000248. The number of hydrogen-bond donors (Lipinski definition) is 2. The van der Waals surface area contributed by atoms with Gasteiger partial charge in [-0.3, -0.25) is 9.55 Å². The van der Waals surface area contributed by atoms with E-state index < -0.39 is 15.9 Å². The average Bonchev–Trinajstić information content (AvgIpc) is 3.23. The smallest absolute Gasteiger partial charge is 0.294 e. The number of para-hydroxylation sites is 1. The number of hydrogen-bond acceptors (Lipinski definition) is 5. The first-order valence-corrected chi connectivity index (χ1v) is 11.5. The van der Waals surface area contributed by atoms with Gasteiger partial charge in [0.25, 0.3) is 10.1 Å². The number of anilines is 2. The summed E-state index contributed by atoms with van der Waals surface area (Å²) in [5, 5.41) is 0.909. The van der Waals surface area contributed by atoms with Crippen molar-refractivity contribution in [3.8, 4) is 5.75 Å². The lowest BCUT2D eigenvalue weighted by Crippen LogP contribution is -2.33. The number of nitrogens with zero attached hydrogens (tertiary/aromatic N) is 2. The second-order valence-electron chi connectivity index (χ2n) is 7.14. The van der Waals surface area contributed by atoms with Gasteiger partial charge in [-0.15, -0.1) is 0 Å². The van der Waals surface area contributed by atoms with Crippen LogP contribution in [-0.2, 0) is 10.1 Å². The fourth-order valence-corrected chi connectivity index (χ4v) is 3.56. The molecule has 10 heteroatoms. The fourth-order valence-electron chi connectivity index (χ4n) is 3.08. The molecule has 4 rings (SSSR count). The zero-order valence-corrected chi connectivity index (χ0v) is 19.6. The maximum Gasteiger partial charge on any atom is 0.294 e. The molecule has 0 bridgehead atoms. The third-order valence-electron chi connectivity index (χ3n) is 4.79. The number of methoxy groups -OCH3 is 1. The predicted molar refractivity (Wildman–Crippen MR) is 130 cm³/mol. The largest absolute Gasteiger partial charge is 0.495 e. The Hall–Kier alpha value is -3.89. The molecule has 178 valence electrons. The normalized spacial score (nSPS) is 11.6. The van der Waals surface area contributed by atoms with Crippen LogP contribution in [0.25, 0.3) is 11.0 Å². The molecule has 0 radical (unpaired) electrons. The van der Waals surface area contributed by atoms with Crippen LogP contribution in [0.5, 0.6) is 5.75 Å². The Kier molecular flexibility index (Phi) is 7.54. The van der Waals surface area contributed by atoms with Crippen LogP contribution in [-0.4, -0.2) is 33.1 Å². The van der Waals surface area contributed by atoms with Crippen LogP contribution in [0, 0.1) is 12.7 Å². The molecular weight excluding hydrogens is 461 g/mol. The van der Waals surface area contributed by atoms with Crippen LogP contribution < -0.4 is 15.4 Å². The van der Waals surface area contributed by atoms with E-state index in [-0.39, 0.29) is 10.9 Å². The van der Waals surface area contributed by atoms with Gasteiger partial charge in [-0.2, -0.15) is 8.42 Å². The highest BCUT2D eigenvalue weighted by molar-refractivity contribution is 7.85. The SMILES string of the molecule is CN=C(N)N(c1cc2ccccc2o1)c1cc(F)ccc1OC.Cc1ccc(S(=O)(=O)O)cc1. The molecule has 0 aliphatic rings. The van der Waals surface area contributed by atoms with Crippen LogP contribution in [0.1, 0.15) is 5.56 Å². The van der Waals surface area contributed by atoms with E-state index in [1.165, 1.54) is 42.3 Å². The molecule has 8 nitrogen and oxygen atoms in total. The van der Waals surface area contributed by atoms with E-state index in [1.54, 1.807) is 19.2 Å². The first-order valence-electron chi connectivity index (χ1n) is 10.0. The topological polar surface area (TPSA) is 118 Å². The van der Waals surface area contributed by atoms with Gasteiger partial charge >= 0.3 is 0 Å². The lowest BCUT2D eigenvalue weighted by atomic mass is 10.2. The summed E-state index contributed by atoms with van der Waals surface area (Å²) in [6.07, 6.45) is 0. The van der Waals surface area contributed by atoms with Crippen molar-refractivity contribution >= 4 is 38.6 Å². The van der Waals surface area contributed by atoms with Gasteiger partial charge in [0.2, 0.25) is 11.8 Å². The number of fused-ring (bicyclic) bond motifs is 1. The van der Waals surface area contributed by atoms with Gasteiger partial charge in [-0.05, 0) is 37.3 Å². The second-order valence-corrected chi connectivity index (χ2v) is 8.57. The molecule has 3 N–H and O–H groups in total. The number of benzene rings is 3. The van der Waals surface area contributed by atoms with Crippen molar-refractivity contribution in [3.05, 3.63) is 84.2 Å². The fraction of sp³-hybridized carbons (Fsp3) is 0.125. The van der Waals surface area contributed by atoms with Gasteiger partial charge in [0.1, 0.15) is 17.1 Å². The van der Waals surface area contributed by atoms with Crippen molar-refractivity contribution in [2.24, 2.45) is 10.7 Å². The Labute approximate surface area is 196 Å². The van der Waals surface area contributed by atoms with Gasteiger partial charge in [-0.1, -0.05) is 35.9 Å². The molecule has 0 aliphatic heterocycles. The van der Waals surface area contributed by atoms with Crippen molar-refractivity contribution in [3.63, 3.8) is 0 Å². The van der Waals surface area contributed by atoms with E-state index in [9.17, 15) is 12.8 Å². The lowest BCUT2D eigenvalue weighted by molar-refractivity contribution is 0.414. The highest BCUT2D eigenvalue weighted by Crippen LogP contribution is 2.37. The van der Waals surface area contributed by atoms with E-state index in [2.05, 4.69) is 4.99 Å². The van der Waals surface area contributed by atoms with E-state index in [0.717, 1.165) is 10.9 Å². The van der Waals surface area contributed by atoms with E-state index in [0.29, 0.717) is 22.9 Å². The molecule has 0 unspecified atom stereocenters. The molecule has 0 saturated carbocycles. The van der Waals surface area contributed by atoms with Gasteiger partial charge in [0.05, 0.1) is 17.7 Å². The number of ether oxygens (including phenoxy) is 1. The van der Waals surface area contributed by atoms with Crippen LogP contribution in [0.2, 0.25) is 0 Å². The van der Waals surface area contributed by atoms with Gasteiger partial charge in [0.15, 0.2) is 0 Å². The van der Waals surface area contributed by atoms with E-state index >= 15 is 0 Å². The number of furan rings is 1. The quantitative estimate of drug-likeness (QED) is 0.240. The first kappa shape index (κ1) is 24.7. The molecule has 0 aliphatic carbocycles. The summed E-state index contributed by atoms with van der Waals surface area (Å²) in [7, 11) is -0.960. The van der Waals surface area contributed by atoms with Gasteiger partial charge < -0.3 is 14.9 Å². The first-order chi connectivity index (χ1) is 16.1. The Morgan fingerprint density at radius 3 is 2.35 bits per heavy atom. The van der Waals surface area contributed by atoms with Gasteiger partial charge in [-0.25, -0.2) is 9.29 Å². The molecule has 0 fully saturated rings. The van der Waals surface area contributed by atoms with E-state index in [1.807, 2.05) is 37.3 Å². The number of rotatable bonds is 4. The summed E-state index contributed by atoms with van der Waals surface area (Å²) in [5.74, 6) is 0.635. The zero-order chi connectivity index (χ0) is 24.9. The van der Waals surface area contributed by atoms with Crippen molar-refractivity contribution in [1.29, 1.82) is 0 Å². The second kappa shape index (κ2) is 10.4. The highest BCUT2D eigenvalue weighted by Gasteiger charge is 2.22. The molecule has 0 amide bonds. The van der Waals surface area contributed by atoms with Crippen LogP contribution in [0.4, 0.5) is 16.0 Å². The molecule has 3 aromatic carbocycles. The maximum absolute atomic E-state index is 13.7. The molecule has 0 spiro atoms. The van der Waals surface area contributed by atoms with Crippen molar-refractivity contribution < 1.29 is 26.5 Å². The minimum Gasteiger partial charge on any atom is -0.495 e. The van der Waals surface area contributed by atoms with Crippen molar-refractivity contribution in [1.82, 2.24) is 0 Å².